The molecule has 0 unspecified atom stereocenters. The number of para-hydroxylation sites is 1. The predicted molar refractivity (Wildman–Crippen MR) is 109 cm³/mol. The highest BCUT2D eigenvalue weighted by Gasteiger charge is 2.14. The molecule has 1 aliphatic rings. The summed E-state index contributed by atoms with van der Waals surface area (Å²) in [6, 6.07) is 16.0. The summed E-state index contributed by atoms with van der Waals surface area (Å²) in [7, 11) is 0. The minimum Gasteiger partial charge on any atom is -0.385 e. The number of benzene rings is 2. The van der Waals surface area contributed by atoms with Crippen LogP contribution in [-0.4, -0.2) is 24.8 Å². The van der Waals surface area contributed by atoms with Gasteiger partial charge in [0.15, 0.2) is 5.78 Å². The molecular formula is C23H28N2O2. The summed E-state index contributed by atoms with van der Waals surface area (Å²) in [5.74, 6) is 0.00490. The van der Waals surface area contributed by atoms with Gasteiger partial charge < -0.3 is 10.6 Å². The summed E-state index contributed by atoms with van der Waals surface area (Å²) in [5, 5.41) is 6.20. The van der Waals surface area contributed by atoms with E-state index in [-0.39, 0.29) is 24.5 Å². The number of fused-ring (bicyclic) bond motifs is 1. The molecular weight excluding hydrogens is 336 g/mol. The van der Waals surface area contributed by atoms with Crippen molar-refractivity contribution in [1.29, 1.82) is 0 Å². The number of hydrogen-bond acceptors (Lipinski definition) is 3. The van der Waals surface area contributed by atoms with Crippen LogP contribution < -0.4 is 10.6 Å². The molecule has 0 fully saturated rings. The molecule has 2 N–H and O–H groups in total. The van der Waals surface area contributed by atoms with Crippen molar-refractivity contribution >= 4 is 17.4 Å². The number of amides is 1. The van der Waals surface area contributed by atoms with E-state index in [0.717, 1.165) is 37.1 Å². The number of carbonyl (C=O) groups excluding carboxylic acids is 2. The summed E-state index contributed by atoms with van der Waals surface area (Å²) in [6.07, 6.45) is 5.99. The van der Waals surface area contributed by atoms with Crippen molar-refractivity contribution in [2.24, 2.45) is 0 Å². The fraction of sp³-hybridized carbons (Fsp3) is 0.391. The third-order valence-corrected chi connectivity index (χ3v) is 5.03. The van der Waals surface area contributed by atoms with Crippen molar-refractivity contribution in [2.45, 2.75) is 44.9 Å². The van der Waals surface area contributed by atoms with E-state index in [1.165, 1.54) is 24.0 Å². The molecule has 4 heteroatoms. The SMILES string of the molecule is O=C(CCC(=O)c1ccc2c(c1)CCCC2)NCCCNc1ccccc1. The molecule has 27 heavy (non-hydrogen) atoms. The van der Waals surface area contributed by atoms with Crippen molar-refractivity contribution in [3.63, 3.8) is 0 Å². The largest absolute Gasteiger partial charge is 0.385 e. The van der Waals surface area contributed by atoms with Crippen LogP contribution in [-0.2, 0) is 17.6 Å². The number of rotatable bonds is 9. The minimum absolute atomic E-state index is 0.0546. The second-order valence-corrected chi connectivity index (χ2v) is 7.11. The number of nitrogens with one attached hydrogen (secondary N) is 2. The number of ketones is 1. The topological polar surface area (TPSA) is 58.2 Å². The van der Waals surface area contributed by atoms with Crippen LogP contribution in [0.5, 0.6) is 0 Å². The van der Waals surface area contributed by atoms with Crippen molar-refractivity contribution in [3.8, 4) is 0 Å². The van der Waals surface area contributed by atoms with Crippen LogP contribution in [0.4, 0.5) is 5.69 Å². The van der Waals surface area contributed by atoms with Crippen LogP contribution in [0.25, 0.3) is 0 Å². The Morgan fingerprint density at radius 1 is 0.852 bits per heavy atom. The Balaban J connectivity index is 1.33. The highest BCUT2D eigenvalue weighted by atomic mass is 16.2. The number of hydrogen-bond donors (Lipinski definition) is 2. The Morgan fingerprint density at radius 2 is 1.63 bits per heavy atom. The maximum Gasteiger partial charge on any atom is 0.220 e. The van der Waals surface area contributed by atoms with Gasteiger partial charge in [-0.25, -0.2) is 0 Å². The number of Topliss-reactive ketones (excluding diaryl/α,β-unsaturated/α-hetero) is 1. The Labute approximate surface area is 161 Å². The Bertz CT molecular complexity index is 771. The molecule has 142 valence electrons. The zero-order valence-corrected chi connectivity index (χ0v) is 15.8. The minimum atomic E-state index is -0.0546. The first kappa shape index (κ1) is 19.2. The quantitative estimate of drug-likeness (QED) is 0.519. The standard InChI is InChI=1S/C23H28N2O2/c26-22(20-12-11-18-7-4-5-8-19(18)17-20)13-14-23(27)25-16-6-15-24-21-9-2-1-3-10-21/h1-3,9-12,17,24H,4-8,13-16H2,(H,25,27). The predicted octanol–water partition coefficient (Wildman–Crippen LogP) is 4.15. The average molecular weight is 364 g/mol. The van der Waals surface area contributed by atoms with Gasteiger partial charge in [0.25, 0.3) is 0 Å². The van der Waals surface area contributed by atoms with E-state index in [0.29, 0.717) is 6.54 Å². The second-order valence-electron chi connectivity index (χ2n) is 7.11. The Hall–Kier alpha value is -2.62. The normalized spacial score (nSPS) is 12.9. The van der Waals surface area contributed by atoms with E-state index in [1.807, 2.05) is 42.5 Å². The lowest BCUT2D eigenvalue weighted by Gasteiger charge is -2.16. The summed E-state index contributed by atoms with van der Waals surface area (Å²) in [6.45, 7) is 1.42. The molecule has 0 bridgehead atoms. The molecule has 1 amide bonds. The first-order chi connectivity index (χ1) is 13.2. The molecule has 0 aromatic heterocycles. The first-order valence-corrected chi connectivity index (χ1v) is 9.93. The molecule has 2 aromatic carbocycles. The summed E-state index contributed by atoms with van der Waals surface area (Å²) >= 11 is 0. The lowest BCUT2D eigenvalue weighted by Crippen LogP contribution is -2.26. The molecule has 0 aliphatic heterocycles. The third kappa shape index (κ3) is 5.95. The van der Waals surface area contributed by atoms with Gasteiger partial charge in [-0.1, -0.05) is 30.3 Å². The van der Waals surface area contributed by atoms with Gasteiger partial charge >= 0.3 is 0 Å². The van der Waals surface area contributed by atoms with E-state index in [4.69, 9.17) is 0 Å². The molecule has 1 aliphatic carbocycles. The van der Waals surface area contributed by atoms with Gasteiger partial charge in [-0.3, -0.25) is 9.59 Å². The molecule has 0 saturated heterocycles. The molecule has 3 rings (SSSR count). The van der Waals surface area contributed by atoms with Crippen LogP contribution >= 0.6 is 0 Å². The van der Waals surface area contributed by atoms with E-state index >= 15 is 0 Å². The van der Waals surface area contributed by atoms with Crippen LogP contribution in [0.2, 0.25) is 0 Å². The third-order valence-electron chi connectivity index (χ3n) is 5.03. The monoisotopic (exact) mass is 364 g/mol. The molecule has 0 heterocycles. The van der Waals surface area contributed by atoms with Gasteiger partial charge in [-0.05, 0) is 61.4 Å². The van der Waals surface area contributed by atoms with Crippen molar-refractivity contribution < 1.29 is 9.59 Å². The van der Waals surface area contributed by atoms with Crippen LogP contribution in [0.3, 0.4) is 0 Å². The molecule has 0 atom stereocenters. The highest BCUT2D eigenvalue weighted by Crippen LogP contribution is 2.22. The Morgan fingerprint density at radius 3 is 2.44 bits per heavy atom. The lowest BCUT2D eigenvalue weighted by molar-refractivity contribution is -0.121. The number of aryl methyl sites for hydroxylation is 2. The zero-order chi connectivity index (χ0) is 18.9. The van der Waals surface area contributed by atoms with Crippen LogP contribution in [0.15, 0.2) is 48.5 Å². The van der Waals surface area contributed by atoms with Gasteiger partial charge in [-0.15, -0.1) is 0 Å². The summed E-state index contributed by atoms with van der Waals surface area (Å²) in [5.41, 5.74) is 4.51. The van der Waals surface area contributed by atoms with E-state index < -0.39 is 0 Å². The van der Waals surface area contributed by atoms with Crippen molar-refractivity contribution in [2.75, 3.05) is 18.4 Å². The van der Waals surface area contributed by atoms with Gasteiger partial charge in [-0.2, -0.15) is 0 Å². The van der Waals surface area contributed by atoms with E-state index in [9.17, 15) is 9.59 Å². The maximum atomic E-state index is 12.4. The molecule has 0 saturated carbocycles. The van der Waals surface area contributed by atoms with Crippen molar-refractivity contribution in [3.05, 3.63) is 65.2 Å². The molecule has 4 nitrogen and oxygen atoms in total. The highest BCUT2D eigenvalue weighted by molar-refractivity contribution is 5.98. The summed E-state index contributed by atoms with van der Waals surface area (Å²) in [4.78, 5) is 24.3. The Kier molecular flexibility index (Phi) is 7.03. The molecule has 2 aromatic rings. The second kappa shape index (κ2) is 9.91. The van der Waals surface area contributed by atoms with Crippen molar-refractivity contribution in [1.82, 2.24) is 5.32 Å². The first-order valence-electron chi connectivity index (χ1n) is 9.93. The smallest absolute Gasteiger partial charge is 0.220 e. The lowest BCUT2D eigenvalue weighted by atomic mass is 9.89. The maximum absolute atomic E-state index is 12.4. The summed E-state index contributed by atoms with van der Waals surface area (Å²) < 4.78 is 0. The van der Waals surface area contributed by atoms with Gasteiger partial charge in [0.05, 0.1) is 0 Å². The van der Waals surface area contributed by atoms with Crippen LogP contribution in [0, 0.1) is 0 Å². The van der Waals surface area contributed by atoms with Gasteiger partial charge in [0, 0.05) is 37.2 Å². The van der Waals surface area contributed by atoms with Gasteiger partial charge in [0.1, 0.15) is 0 Å². The number of anilines is 1. The molecule has 0 radical (unpaired) electrons. The fourth-order valence-electron chi connectivity index (χ4n) is 3.47. The van der Waals surface area contributed by atoms with Gasteiger partial charge in [0.2, 0.25) is 5.91 Å². The zero-order valence-electron chi connectivity index (χ0n) is 15.8. The van der Waals surface area contributed by atoms with E-state index in [2.05, 4.69) is 16.7 Å². The molecule has 0 spiro atoms. The average Bonchev–Trinajstić information content (AvgIpc) is 2.72. The van der Waals surface area contributed by atoms with Crippen LogP contribution in [0.1, 0.15) is 53.6 Å². The van der Waals surface area contributed by atoms with E-state index in [1.54, 1.807) is 0 Å². The fourth-order valence-corrected chi connectivity index (χ4v) is 3.47. The number of carbonyl (C=O) groups is 2.